The molecular formula is C21H25NO3S. The predicted octanol–water partition coefficient (Wildman–Crippen LogP) is 4.46. The largest absolute Gasteiger partial charge is 0.497 e. The second-order valence-corrected chi connectivity index (χ2v) is 9.18. The molecule has 4 nitrogen and oxygen atoms in total. The van der Waals surface area contributed by atoms with Crippen LogP contribution in [0.4, 0.5) is 0 Å². The summed E-state index contributed by atoms with van der Waals surface area (Å²) in [4.78, 5) is 0. The Kier molecular flexibility index (Phi) is 4.76. The van der Waals surface area contributed by atoms with Gasteiger partial charge in [-0.25, -0.2) is 8.42 Å². The Morgan fingerprint density at radius 3 is 2.15 bits per heavy atom. The van der Waals surface area contributed by atoms with Crippen molar-refractivity contribution in [2.45, 2.75) is 49.4 Å². The van der Waals surface area contributed by atoms with E-state index in [1.165, 1.54) is 6.42 Å². The van der Waals surface area contributed by atoms with Crippen molar-refractivity contribution in [1.29, 1.82) is 0 Å². The molecule has 0 N–H and O–H groups in total. The molecule has 26 heavy (non-hydrogen) atoms. The van der Waals surface area contributed by atoms with Crippen LogP contribution in [0.5, 0.6) is 5.75 Å². The van der Waals surface area contributed by atoms with Gasteiger partial charge in [-0.05, 0) is 36.1 Å². The zero-order valence-electron chi connectivity index (χ0n) is 15.0. The maximum absolute atomic E-state index is 13.3. The van der Waals surface area contributed by atoms with Gasteiger partial charge in [0.25, 0.3) is 0 Å². The molecule has 2 aromatic carbocycles. The molecule has 1 aliphatic carbocycles. The maximum atomic E-state index is 13.3. The van der Waals surface area contributed by atoms with Gasteiger partial charge in [0, 0.05) is 6.04 Å². The minimum Gasteiger partial charge on any atom is -0.497 e. The number of ether oxygens (including phenoxy) is 1. The monoisotopic (exact) mass is 371 g/mol. The molecule has 2 aliphatic rings. The maximum Gasteiger partial charge on any atom is 0.223 e. The van der Waals surface area contributed by atoms with E-state index in [9.17, 15) is 8.42 Å². The first-order chi connectivity index (χ1) is 12.6. The standard InChI is InChI=1S/C21H25NO3S/c1-25-19-14-12-16(13-15-19)20-21(17-8-4-2-5-9-17)26(23,24)22(20)18-10-6-3-7-11-18/h2,4-5,8-9,12-15,18,20-21H,3,6-7,10-11H2,1H3/t20-,21+/m1/s1. The van der Waals surface area contributed by atoms with Crippen molar-refractivity contribution < 1.29 is 13.2 Å². The number of rotatable bonds is 4. The SMILES string of the molecule is COc1ccc([C@@H]2[C@H](c3ccccc3)S(=O)(=O)N2C2CCCCC2)cc1. The van der Waals surface area contributed by atoms with Gasteiger partial charge in [0.05, 0.1) is 13.2 Å². The summed E-state index contributed by atoms with van der Waals surface area (Å²) in [5, 5.41) is -0.501. The van der Waals surface area contributed by atoms with Gasteiger partial charge in [0.1, 0.15) is 11.0 Å². The number of hydrogen-bond donors (Lipinski definition) is 0. The number of nitrogens with zero attached hydrogens (tertiary/aromatic N) is 1. The van der Waals surface area contributed by atoms with Crippen LogP contribution in [-0.4, -0.2) is 25.9 Å². The number of sulfonamides is 1. The Bertz CT molecular complexity index is 843. The summed E-state index contributed by atoms with van der Waals surface area (Å²) >= 11 is 0. The van der Waals surface area contributed by atoms with E-state index in [1.54, 1.807) is 11.4 Å². The van der Waals surface area contributed by atoms with Gasteiger partial charge in [-0.3, -0.25) is 0 Å². The Morgan fingerprint density at radius 1 is 0.885 bits per heavy atom. The normalized spacial score (nSPS) is 26.2. The fraction of sp³-hybridized carbons (Fsp3) is 0.429. The number of methoxy groups -OCH3 is 1. The topological polar surface area (TPSA) is 46.6 Å². The van der Waals surface area contributed by atoms with E-state index in [4.69, 9.17) is 4.74 Å². The molecule has 1 saturated heterocycles. The summed E-state index contributed by atoms with van der Waals surface area (Å²) in [6.45, 7) is 0. The van der Waals surface area contributed by atoms with E-state index in [0.29, 0.717) is 0 Å². The molecular weight excluding hydrogens is 346 g/mol. The van der Waals surface area contributed by atoms with Gasteiger partial charge >= 0.3 is 0 Å². The van der Waals surface area contributed by atoms with E-state index in [2.05, 4.69) is 0 Å². The molecule has 1 saturated carbocycles. The molecule has 0 radical (unpaired) electrons. The average molecular weight is 372 g/mol. The van der Waals surface area contributed by atoms with E-state index in [0.717, 1.165) is 42.6 Å². The molecule has 4 rings (SSSR count). The van der Waals surface area contributed by atoms with Gasteiger partial charge in [-0.1, -0.05) is 61.7 Å². The molecule has 0 bridgehead atoms. The van der Waals surface area contributed by atoms with Crippen LogP contribution in [-0.2, 0) is 10.0 Å². The summed E-state index contributed by atoms with van der Waals surface area (Å²) in [5.74, 6) is 0.788. The fourth-order valence-corrected chi connectivity index (χ4v) is 6.78. The molecule has 0 spiro atoms. The molecule has 5 heteroatoms. The fourth-order valence-electron chi connectivity index (χ4n) is 4.41. The van der Waals surface area contributed by atoms with Crippen LogP contribution >= 0.6 is 0 Å². The second kappa shape index (κ2) is 7.05. The Balaban J connectivity index is 1.74. The summed E-state index contributed by atoms with van der Waals surface area (Å²) in [7, 11) is -1.68. The molecule has 1 heterocycles. The van der Waals surface area contributed by atoms with Gasteiger partial charge in [-0.15, -0.1) is 0 Å². The second-order valence-electron chi connectivity index (χ2n) is 7.22. The quantitative estimate of drug-likeness (QED) is 0.797. The van der Waals surface area contributed by atoms with E-state index >= 15 is 0 Å². The minimum absolute atomic E-state index is 0.126. The van der Waals surface area contributed by atoms with Crippen LogP contribution in [0, 0.1) is 0 Å². The lowest BCUT2D eigenvalue weighted by atomic mass is 9.91. The summed E-state index contributed by atoms with van der Waals surface area (Å²) in [5.41, 5.74) is 1.92. The van der Waals surface area contributed by atoms with Crippen LogP contribution in [0.25, 0.3) is 0 Å². The average Bonchev–Trinajstić information content (AvgIpc) is 2.68. The van der Waals surface area contributed by atoms with Crippen molar-refractivity contribution in [3.8, 4) is 5.75 Å². The van der Waals surface area contributed by atoms with E-state index in [1.807, 2.05) is 54.6 Å². The molecule has 2 aromatic rings. The van der Waals surface area contributed by atoms with Crippen molar-refractivity contribution >= 4 is 10.0 Å². The summed E-state index contributed by atoms with van der Waals surface area (Å²) < 4.78 is 33.6. The van der Waals surface area contributed by atoms with Crippen LogP contribution in [0.2, 0.25) is 0 Å². The highest BCUT2D eigenvalue weighted by molar-refractivity contribution is 7.90. The zero-order chi connectivity index (χ0) is 18.1. The lowest BCUT2D eigenvalue weighted by Gasteiger charge is -2.51. The first-order valence-corrected chi connectivity index (χ1v) is 10.8. The first-order valence-electron chi connectivity index (χ1n) is 9.34. The third kappa shape index (κ3) is 2.93. The highest BCUT2D eigenvalue weighted by Gasteiger charge is 2.57. The highest BCUT2D eigenvalue weighted by atomic mass is 32.2. The van der Waals surface area contributed by atoms with Crippen molar-refractivity contribution in [2.75, 3.05) is 7.11 Å². The van der Waals surface area contributed by atoms with Gasteiger partial charge in [0.15, 0.2) is 0 Å². The van der Waals surface area contributed by atoms with Crippen LogP contribution in [0.3, 0.4) is 0 Å². The van der Waals surface area contributed by atoms with Gasteiger partial charge in [-0.2, -0.15) is 4.31 Å². The zero-order valence-corrected chi connectivity index (χ0v) is 15.9. The Labute approximate surface area is 155 Å². The Hall–Kier alpha value is -1.85. The molecule has 0 aromatic heterocycles. The molecule has 0 amide bonds. The van der Waals surface area contributed by atoms with Crippen LogP contribution < -0.4 is 4.74 Å². The van der Waals surface area contributed by atoms with Gasteiger partial charge < -0.3 is 4.74 Å². The smallest absolute Gasteiger partial charge is 0.223 e. The lowest BCUT2D eigenvalue weighted by Crippen LogP contribution is -2.57. The van der Waals surface area contributed by atoms with Gasteiger partial charge in [0.2, 0.25) is 10.0 Å². The predicted molar refractivity (Wildman–Crippen MR) is 103 cm³/mol. The van der Waals surface area contributed by atoms with Crippen molar-refractivity contribution in [1.82, 2.24) is 4.31 Å². The van der Waals surface area contributed by atoms with E-state index < -0.39 is 15.3 Å². The van der Waals surface area contributed by atoms with E-state index in [-0.39, 0.29) is 12.1 Å². The van der Waals surface area contributed by atoms with Crippen molar-refractivity contribution in [2.24, 2.45) is 0 Å². The molecule has 2 atom stereocenters. The lowest BCUT2D eigenvalue weighted by molar-refractivity contribution is 0.156. The molecule has 0 unspecified atom stereocenters. The Morgan fingerprint density at radius 2 is 1.54 bits per heavy atom. The van der Waals surface area contributed by atoms with Crippen LogP contribution in [0.15, 0.2) is 54.6 Å². The third-order valence-corrected chi connectivity index (χ3v) is 7.98. The first kappa shape index (κ1) is 17.6. The summed E-state index contributed by atoms with van der Waals surface area (Å²) in [6.07, 6.45) is 5.37. The summed E-state index contributed by atoms with van der Waals surface area (Å²) in [6, 6.07) is 17.5. The number of benzene rings is 2. The van der Waals surface area contributed by atoms with Crippen LogP contribution in [0.1, 0.15) is 54.5 Å². The van der Waals surface area contributed by atoms with Crippen molar-refractivity contribution in [3.05, 3.63) is 65.7 Å². The number of hydrogen-bond acceptors (Lipinski definition) is 3. The minimum atomic E-state index is -3.33. The highest BCUT2D eigenvalue weighted by Crippen LogP contribution is 2.54. The molecule has 138 valence electrons. The third-order valence-electron chi connectivity index (χ3n) is 5.70. The molecule has 1 aliphatic heterocycles. The van der Waals surface area contributed by atoms with Crippen molar-refractivity contribution in [3.63, 3.8) is 0 Å². The molecule has 2 fully saturated rings.